The lowest BCUT2D eigenvalue weighted by Gasteiger charge is -2.37. The van der Waals surface area contributed by atoms with Gasteiger partial charge in [-0.3, -0.25) is 4.79 Å². The molecule has 3 rings (SSSR count). The Hall–Kier alpha value is -1.11. The van der Waals surface area contributed by atoms with Crippen molar-refractivity contribution in [2.24, 2.45) is 5.73 Å². The highest BCUT2D eigenvalue weighted by Gasteiger charge is 2.31. The summed E-state index contributed by atoms with van der Waals surface area (Å²) in [6.45, 7) is 0. The zero-order valence-electron chi connectivity index (χ0n) is 12.0. The molecule has 0 bridgehead atoms. The lowest BCUT2D eigenvalue weighted by molar-refractivity contribution is -0.116. The van der Waals surface area contributed by atoms with Crippen molar-refractivity contribution in [1.82, 2.24) is 0 Å². The minimum absolute atomic E-state index is 0.110. The first kappa shape index (κ1) is 14.8. The van der Waals surface area contributed by atoms with Crippen LogP contribution in [0.15, 0.2) is 16.6 Å². The minimum atomic E-state index is -0.601. The van der Waals surface area contributed by atoms with Gasteiger partial charge in [-0.15, -0.1) is 0 Å². The molecule has 0 saturated heterocycles. The number of aliphatic hydroxyl groups excluding tert-OH is 1. The highest BCUT2D eigenvalue weighted by atomic mass is 79.9. The standard InChI is InChI=1S/C15H20BrN3O2/c1-19(11-4-2-3-5-13(11)20)12-7-10-8(6-9(12)16)14(17)15(21)18-10/h6-7,11,13-14,20H,2-5,17H2,1H3,(H,18,21). The molecule has 0 aromatic heterocycles. The molecule has 114 valence electrons. The minimum Gasteiger partial charge on any atom is -0.391 e. The van der Waals surface area contributed by atoms with Crippen LogP contribution in [0.25, 0.3) is 0 Å². The maximum Gasteiger partial charge on any atom is 0.245 e. The third-order valence-corrected chi connectivity index (χ3v) is 5.20. The molecule has 0 spiro atoms. The van der Waals surface area contributed by atoms with E-state index in [1.54, 1.807) is 0 Å². The van der Waals surface area contributed by atoms with Gasteiger partial charge in [0.05, 0.1) is 17.8 Å². The summed E-state index contributed by atoms with van der Waals surface area (Å²) in [5, 5.41) is 13.0. The van der Waals surface area contributed by atoms with Gasteiger partial charge in [0, 0.05) is 22.8 Å². The Balaban J connectivity index is 1.92. The highest BCUT2D eigenvalue weighted by molar-refractivity contribution is 9.10. The molecule has 4 N–H and O–H groups in total. The zero-order chi connectivity index (χ0) is 15.1. The number of nitrogens with one attached hydrogen (secondary N) is 1. The van der Waals surface area contributed by atoms with Gasteiger partial charge in [0.1, 0.15) is 6.04 Å². The Morgan fingerprint density at radius 1 is 1.38 bits per heavy atom. The lowest BCUT2D eigenvalue weighted by atomic mass is 9.91. The first-order valence-corrected chi connectivity index (χ1v) is 8.09. The van der Waals surface area contributed by atoms with E-state index >= 15 is 0 Å². The second-order valence-corrected chi connectivity index (χ2v) is 6.74. The molecular weight excluding hydrogens is 334 g/mol. The fourth-order valence-corrected chi connectivity index (χ4v) is 3.93. The summed E-state index contributed by atoms with van der Waals surface area (Å²) in [5.41, 5.74) is 8.41. The average molecular weight is 354 g/mol. The Morgan fingerprint density at radius 3 is 2.81 bits per heavy atom. The Morgan fingerprint density at radius 2 is 2.10 bits per heavy atom. The van der Waals surface area contributed by atoms with Gasteiger partial charge in [0.25, 0.3) is 0 Å². The first-order chi connectivity index (χ1) is 9.99. The lowest BCUT2D eigenvalue weighted by Crippen LogP contribution is -2.43. The molecule has 21 heavy (non-hydrogen) atoms. The van der Waals surface area contributed by atoms with E-state index in [0.29, 0.717) is 0 Å². The number of amides is 1. The van der Waals surface area contributed by atoms with Gasteiger partial charge in [-0.05, 0) is 40.9 Å². The van der Waals surface area contributed by atoms with Crippen molar-refractivity contribution >= 4 is 33.2 Å². The van der Waals surface area contributed by atoms with Gasteiger partial charge < -0.3 is 21.1 Å². The van der Waals surface area contributed by atoms with Gasteiger partial charge in [0.2, 0.25) is 5.91 Å². The van der Waals surface area contributed by atoms with Crippen LogP contribution in [0.3, 0.4) is 0 Å². The largest absolute Gasteiger partial charge is 0.391 e. The van der Waals surface area contributed by atoms with Crippen molar-refractivity contribution in [3.8, 4) is 0 Å². The van der Waals surface area contributed by atoms with Crippen LogP contribution in [0.4, 0.5) is 11.4 Å². The summed E-state index contributed by atoms with van der Waals surface area (Å²) in [6.07, 6.45) is 3.74. The number of carbonyl (C=O) groups excluding carboxylic acids is 1. The van der Waals surface area contributed by atoms with E-state index in [0.717, 1.165) is 47.1 Å². The molecule has 0 radical (unpaired) electrons. The van der Waals surface area contributed by atoms with Gasteiger partial charge in [0.15, 0.2) is 0 Å². The van der Waals surface area contributed by atoms with Crippen LogP contribution in [0.1, 0.15) is 37.3 Å². The van der Waals surface area contributed by atoms with Crippen LogP contribution < -0.4 is 16.0 Å². The summed E-state index contributed by atoms with van der Waals surface area (Å²) in [4.78, 5) is 13.8. The second-order valence-electron chi connectivity index (χ2n) is 5.89. The second kappa shape index (κ2) is 5.59. The molecule has 3 unspecified atom stereocenters. The number of carbonyl (C=O) groups is 1. The number of rotatable bonds is 2. The summed E-state index contributed by atoms with van der Waals surface area (Å²) >= 11 is 3.57. The number of anilines is 2. The zero-order valence-corrected chi connectivity index (χ0v) is 13.6. The molecule has 1 fully saturated rings. The fourth-order valence-electron chi connectivity index (χ4n) is 3.29. The van der Waals surface area contributed by atoms with Crippen molar-refractivity contribution in [3.05, 3.63) is 22.2 Å². The summed E-state index contributed by atoms with van der Waals surface area (Å²) in [5.74, 6) is -0.172. The SMILES string of the molecule is CN(c1cc2c(cc1Br)C(N)C(=O)N2)C1CCCCC1O. The van der Waals surface area contributed by atoms with E-state index in [4.69, 9.17) is 5.73 Å². The molecule has 1 amide bonds. The summed E-state index contributed by atoms with van der Waals surface area (Å²) in [7, 11) is 1.99. The van der Waals surface area contributed by atoms with E-state index in [1.165, 1.54) is 0 Å². The van der Waals surface area contributed by atoms with Crippen molar-refractivity contribution in [1.29, 1.82) is 0 Å². The predicted octanol–water partition coefficient (Wildman–Crippen LogP) is 2.14. The number of hydrogen-bond donors (Lipinski definition) is 3. The van der Waals surface area contributed by atoms with Gasteiger partial charge >= 0.3 is 0 Å². The van der Waals surface area contributed by atoms with Crippen LogP contribution in [-0.4, -0.2) is 30.2 Å². The van der Waals surface area contributed by atoms with Gasteiger partial charge in [-0.2, -0.15) is 0 Å². The topological polar surface area (TPSA) is 78.6 Å². The molecule has 1 heterocycles. The summed E-state index contributed by atoms with van der Waals surface area (Å²) in [6, 6.07) is 3.35. The number of halogens is 1. The van der Waals surface area contributed by atoms with Crippen molar-refractivity contribution in [3.63, 3.8) is 0 Å². The molecule has 2 aliphatic rings. The Bertz CT molecular complexity index is 578. The normalized spacial score (nSPS) is 28.2. The molecule has 3 atom stereocenters. The maximum atomic E-state index is 11.7. The van der Waals surface area contributed by atoms with Gasteiger partial charge in [-0.1, -0.05) is 12.8 Å². The molecule has 1 saturated carbocycles. The van der Waals surface area contributed by atoms with Crippen LogP contribution in [0.2, 0.25) is 0 Å². The van der Waals surface area contributed by atoms with Crippen LogP contribution in [0, 0.1) is 0 Å². The molecule has 1 aromatic rings. The van der Waals surface area contributed by atoms with E-state index in [1.807, 2.05) is 19.2 Å². The molecule has 1 aromatic carbocycles. The number of nitrogens with two attached hydrogens (primary N) is 1. The third-order valence-electron chi connectivity index (χ3n) is 4.57. The van der Waals surface area contributed by atoms with Crippen LogP contribution in [0.5, 0.6) is 0 Å². The highest BCUT2D eigenvalue weighted by Crippen LogP contribution is 2.39. The van der Waals surface area contributed by atoms with Crippen molar-refractivity contribution in [2.75, 3.05) is 17.3 Å². The number of hydrogen-bond acceptors (Lipinski definition) is 4. The third kappa shape index (κ3) is 2.56. The molecule has 1 aliphatic carbocycles. The number of benzene rings is 1. The van der Waals surface area contributed by atoms with E-state index in [9.17, 15) is 9.90 Å². The molecule has 6 heteroatoms. The fraction of sp³-hybridized carbons (Fsp3) is 0.533. The van der Waals surface area contributed by atoms with E-state index in [-0.39, 0.29) is 18.1 Å². The molecular formula is C15H20BrN3O2. The predicted molar refractivity (Wildman–Crippen MR) is 86.4 cm³/mol. The van der Waals surface area contributed by atoms with Crippen molar-refractivity contribution < 1.29 is 9.90 Å². The summed E-state index contributed by atoms with van der Waals surface area (Å²) < 4.78 is 0.897. The number of aliphatic hydroxyl groups is 1. The average Bonchev–Trinajstić information content (AvgIpc) is 2.73. The molecule has 1 aliphatic heterocycles. The monoisotopic (exact) mass is 353 g/mol. The number of nitrogens with zero attached hydrogens (tertiary/aromatic N) is 1. The van der Waals surface area contributed by atoms with Crippen molar-refractivity contribution in [2.45, 2.75) is 43.9 Å². The number of fused-ring (bicyclic) bond motifs is 1. The van der Waals surface area contributed by atoms with E-state index < -0.39 is 6.04 Å². The van der Waals surface area contributed by atoms with E-state index in [2.05, 4.69) is 26.1 Å². The molecule has 5 nitrogen and oxygen atoms in total. The Labute approximate surface area is 132 Å². The quantitative estimate of drug-likeness (QED) is 0.760. The Kier molecular flexibility index (Phi) is 3.94. The smallest absolute Gasteiger partial charge is 0.245 e. The van der Waals surface area contributed by atoms with Gasteiger partial charge in [-0.25, -0.2) is 0 Å². The number of likely N-dealkylation sites (N-methyl/N-ethyl adjacent to an activating group) is 1. The van der Waals surface area contributed by atoms with Crippen LogP contribution >= 0.6 is 15.9 Å². The first-order valence-electron chi connectivity index (χ1n) is 7.30. The maximum absolute atomic E-state index is 11.7. The van der Waals surface area contributed by atoms with Crippen LogP contribution in [-0.2, 0) is 4.79 Å².